The van der Waals surface area contributed by atoms with Gasteiger partial charge in [0, 0.05) is 0 Å². The molecule has 0 nitrogen and oxygen atoms in total. The lowest BCUT2D eigenvalue weighted by Crippen LogP contribution is -1.07. The van der Waals surface area contributed by atoms with Crippen molar-refractivity contribution in [2.45, 2.75) is 27.7 Å². The first-order chi connectivity index (χ1) is 5.66. The molecule has 0 saturated heterocycles. The third-order valence-electron chi connectivity index (χ3n) is 0. The van der Waals surface area contributed by atoms with Crippen LogP contribution in [0, 0.1) is 0 Å². The highest BCUT2D eigenvalue weighted by atomic mass is 32.1. The fraction of sp³-hybridized carbons (Fsp3) is 0.333. The van der Waals surface area contributed by atoms with E-state index in [-0.39, 0.29) is 13.5 Å². The molecule has 0 radical (unpaired) electrons. The summed E-state index contributed by atoms with van der Waals surface area (Å²) in [7, 11) is 0. The monoisotopic (exact) mass is 202 g/mol. The molecule has 0 aliphatic heterocycles. The Morgan fingerprint density at radius 1 is 0.538 bits per heavy atom. The molecule has 80 valence electrons. The first-order valence-electron chi connectivity index (χ1n) is 3.94. The van der Waals surface area contributed by atoms with Gasteiger partial charge in [0.15, 0.2) is 0 Å². The minimum atomic E-state index is 0. The predicted octanol–water partition coefficient (Wildman–Crippen LogP) is 4.88. The van der Waals surface area contributed by atoms with Crippen molar-refractivity contribution in [3.05, 3.63) is 50.6 Å². The van der Waals surface area contributed by atoms with Crippen molar-refractivity contribution < 1.29 is 0 Å². The van der Waals surface area contributed by atoms with Gasteiger partial charge in [0.1, 0.15) is 0 Å². The van der Waals surface area contributed by atoms with E-state index in [0.717, 1.165) is 0 Å². The summed E-state index contributed by atoms with van der Waals surface area (Å²) < 4.78 is 0. The molecule has 0 aliphatic rings. The van der Waals surface area contributed by atoms with E-state index in [9.17, 15) is 0 Å². The van der Waals surface area contributed by atoms with Gasteiger partial charge in [-0.05, 0) is 27.7 Å². The molecule has 0 rings (SSSR count). The van der Waals surface area contributed by atoms with Gasteiger partial charge in [-0.2, -0.15) is 13.5 Å². The Balaban J connectivity index is -0.0000000213. The van der Waals surface area contributed by atoms with E-state index in [1.807, 2.05) is 27.7 Å². The molecule has 0 unspecified atom stereocenters. The summed E-state index contributed by atoms with van der Waals surface area (Å²) in [5.41, 5.74) is 0. The molecule has 0 aromatic heterocycles. The van der Waals surface area contributed by atoms with E-state index in [2.05, 4.69) is 26.3 Å². The van der Waals surface area contributed by atoms with Gasteiger partial charge < -0.3 is 0 Å². The summed E-state index contributed by atoms with van der Waals surface area (Å²) in [5, 5.41) is 0. The first kappa shape index (κ1) is 29.5. The Hall–Kier alpha value is -0.690. The zero-order valence-electron chi connectivity index (χ0n) is 9.64. The van der Waals surface area contributed by atoms with Crippen molar-refractivity contribution >= 4 is 13.5 Å². The summed E-state index contributed by atoms with van der Waals surface area (Å²) in [4.78, 5) is 0. The summed E-state index contributed by atoms with van der Waals surface area (Å²) in [5.74, 6) is 0. The van der Waals surface area contributed by atoms with Crippen LogP contribution in [0.3, 0.4) is 0 Å². The first-order valence-corrected chi connectivity index (χ1v) is 3.94. The van der Waals surface area contributed by atoms with E-state index in [4.69, 9.17) is 0 Å². The summed E-state index contributed by atoms with van der Waals surface area (Å²) in [6.45, 7) is 21.0. The van der Waals surface area contributed by atoms with Crippen molar-refractivity contribution in [3.8, 4) is 0 Å². The molecule has 1 heteroatoms. The third kappa shape index (κ3) is 2060. The summed E-state index contributed by atoms with van der Waals surface area (Å²) in [6.07, 6.45) is 7.00. The van der Waals surface area contributed by atoms with Crippen LogP contribution >= 0.6 is 13.5 Å². The zero-order valence-corrected chi connectivity index (χ0v) is 10.6. The second kappa shape index (κ2) is 110. The largest absolute Gasteiger partial charge is 0.197 e. The molecule has 13 heavy (non-hydrogen) atoms. The molecular formula is C12H26S. The standard InChI is InChI=1S/4C3H6.H2S/c4*1-3-2;/h4*3H,1H2,2H3;1H2. The molecular weight excluding hydrogens is 176 g/mol. The molecule has 0 aromatic carbocycles. The topological polar surface area (TPSA) is 0 Å². The lowest BCUT2D eigenvalue weighted by atomic mass is 10.8. The van der Waals surface area contributed by atoms with E-state index >= 15 is 0 Å². The van der Waals surface area contributed by atoms with Crippen LogP contribution in [0.4, 0.5) is 0 Å². The quantitative estimate of drug-likeness (QED) is 0.491. The highest BCUT2D eigenvalue weighted by molar-refractivity contribution is 7.59. The number of rotatable bonds is 0. The molecule has 0 saturated carbocycles. The Morgan fingerprint density at radius 3 is 0.538 bits per heavy atom. The van der Waals surface area contributed by atoms with E-state index in [1.54, 1.807) is 24.3 Å². The average Bonchev–Trinajstić information content (AvgIpc) is 1.92. The van der Waals surface area contributed by atoms with Gasteiger partial charge in [-0.25, -0.2) is 0 Å². The molecule has 0 aliphatic carbocycles. The van der Waals surface area contributed by atoms with Crippen molar-refractivity contribution in [2.75, 3.05) is 0 Å². The molecule has 0 bridgehead atoms. The van der Waals surface area contributed by atoms with E-state index in [1.165, 1.54) is 0 Å². The van der Waals surface area contributed by atoms with Crippen molar-refractivity contribution in [3.63, 3.8) is 0 Å². The summed E-state index contributed by atoms with van der Waals surface area (Å²) in [6, 6.07) is 0. The smallest absolute Gasteiger partial charge is 0.0473 e. The van der Waals surface area contributed by atoms with Gasteiger partial charge in [-0.3, -0.25) is 0 Å². The Bertz CT molecular complexity index is 59.1. The Kier molecular flexibility index (Phi) is 249. The second-order valence-corrected chi connectivity index (χ2v) is 1.63. The van der Waals surface area contributed by atoms with Crippen LogP contribution < -0.4 is 0 Å². The normalized spacial score (nSPS) is 4.00. The third-order valence-corrected chi connectivity index (χ3v) is 0. The van der Waals surface area contributed by atoms with Gasteiger partial charge >= 0.3 is 0 Å². The minimum Gasteiger partial charge on any atom is -0.197 e. The van der Waals surface area contributed by atoms with Crippen LogP contribution in [-0.2, 0) is 0 Å². The maximum Gasteiger partial charge on any atom is -0.0473 e. The van der Waals surface area contributed by atoms with E-state index in [0.29, 0.717) is 0 Å². The number of allylic oxidation sites excluding steroid dienone is 4. The van der Waals surface area contributed by atoms with Crippen LogP contribution in [-0.4, -0.2) is 0 Å². The van der Waals surface area contributed by atoms with Crippen LogP contribution in [0.2, 0.25) is 0 Å². The van der Waals surface area contributed by atoms with Crippen LogP contribution in [0.5, 0.6) is 0 Å². The molecule has 0 heterocycles. The lowest BCUT2D eigenvalue weighted by molar-refractivity contribution is 1.80. The highest BCUT2D eigenvalue weighted by Gasteiger charge is 1.15. The van der Waals surface area contributed by atoms with Gasteiger partial charge in [-0.15, -0.1) is 26.3 Å². The summed E-state index contributed by atoms with van der Waals surface area (Å²) >= 11 is 0. The Morgan fingerprint density at radius 2 is 0.538 bits per heavy atom. The van der Waals surface area contributed by atoms with Crippen LogP contribution in [0.25, 0.3) is 0 Å². The molecule has 0 fully saturated rings. The van der Waals surface area contributed by atoms with Crippen molar-refractivity contribution in [2.24, 2.45) is 0 Å². The maximum atomic E-state index is 3.36. The lowest BCUT2D eigenvalue weighted by Gasteiger charge is -1.31. The van der Waals surface area contributed by atoms with Crippen LogP contribution in [0.1, 0.15) is 27.7 Å². The van der Waals surface area contributed by atoms with Crippen molar-refractivity contribution in [1.82, 2.24) is 0 Å². The number of hydrogen-bond acceptors (Lipinski definition) is 0. The SMILES string of the molecule is C=CC.C=CC.C=CC.C=CC.S. The molecule has 0 spiro atoms. The van der Waals surface area contributed by atoms with Gasteiger partial charge in [0.05, 0.1) is 0 Å². The van der Waals surface area contributed by atoms with Gasteiger partial charge in [0.2, 0.25) is 0 Å². The fourth-order valence-electron chi connectivity index (χ4n) is 0. The second-order valence-electron chi connectivity index (χ2n) is 1.63. The average molecular weight is 202 g/mol. The molecule has 0 aromatic rings. The molecule has 0 atom stereocenters. The van der Waals surface area contributed by atoms with Crippen molar-refractivity contribution in [1.29, 1.82) is 0 Å². The molecule has 0 amide bonds. The van der Waals surface area contributed by atoms with Gasteiger partial charge in [-0.1, -0.05) is 24.3 Å². The maximum absolute atomic E-state index is 3.36. The van der Waals surface area contributed by atoms with Crippen LogP contribution in [0.15, 0.2) is 50.6 Å². The van der Waals surface area contributed by atoms with Gasteiger partial charge in [0.25, 0.3) is 0 Å². The Labute approximate surface area is 92.2 Å². The number of hydrogen-bond donors (Lipinski definition) is 0. The zero-order chi connectivity index (χ0) is 10.8. The fourth-order valence-corrected chi connectivity index (χ4v) is 0. The highest BCUT2D eigenvalue weighted by Crippen LogP contribution is 1.39. The predicted molar refractivity (Wildman–Crippen MR) is 73.9 cm³/mol. The van der Waals surface area contributed by atoms with E-state index < -0.39 is 0 Å². The molecule has 0 N–H and O–H groups in total. The minimum absolute atomic E-state index is 0.